The van der Waals surface area contributed by atoms with E-state index in [-0.39, 0.29) is 24.4 Å². The monoisotopic (exact) mass is 397 g/mol. The van der Waals surface area contributed by atoms with E-state index in [1.54, 1.807) is 7.05 Å². The highest BCUT2D eigenvalue weighted by Gasteiger charge is 2.29. The molecule has 6 nitrogen and oxygen atoms in total. The number of nitrogens with zero attached hydrogens (tertiary/aromatic N) is 1. The summed E-state index contributed by atoms with van der Waals surface area (Å²) in [5.74, 6) is -0.180. The Morgan fingerprint density at radius 2 is 1.54 bits per heavy atom. The molecule has 0 amide bonds. The fourth-order valence-corrected chi connectivity index (χ4v) is 2.98. The summed E-state index contributed by atoms with van der Waals surface area (Å²) in [6, 6.07) is -0.549. The molecule has 0 N–H and O–H groups in total. The van der Waals surface area contributed by atoms with Crippen LogP contribution >= 0.6 is 0 Å². The quantitative estimate of drug-likeness (QED) is 0.346. The molecule has 0 bridgehead atoms. The van der Waals surface area contributed by atoms with Crippen molar-refractivity contribution in [1.29, 1.82) is 0 Å². The molecule has 0 fully saturated rings. The van der Waals surface area contributed by atoms with E-state index in [2.05, 4.69) is 13.8 Å². The molecular weight excluding hydrogens is 358 g/mol. The van der Waals surface area contributed by atoms with Crippen molar-refractivity contribution in [2.75, 3.05) is 13.7 Å². The van der Waals surface area contributed by atoms with Crippen molar-refractivity contribution < 1.29 is 23.9 Å². The maximum Gasteiger partial charge on any atom is 0.329 e. The Balaban J connectivity index is 5.25. The van der Waals surface area contributed by atoms with Gasteiger partial charge in [-0.25, -0.2) is 4.79 Å². The fourth-order valence-electron chi connectivity index (χ4n) is 2.98. The predicted molar refractivity (Wildman–Crippen MR) is 111 cm³/mol. The minimum absolute atomic E-state index is 0.108. The molecule has 0 rings (SSSR count). The summed E-state index contributed by atoms with van der Waals surface area (Å²) in [7, 11) is 1.80. The number of likely N-dealkylation sites (N-methyl/N-ethyl adjacent to an activating group) is 1. The van der Waals surface area contributed by atoms with Gasteiger partial charge in [-0.1, -0.05) is 47.6 Å². The summed E-state index contributed by atoms with van der Waals surface area (Å²) in [6.45, 7) is 13.7. The fraction of sp³-hybridized carbons (Fsp3) is 0.773. The summed E-state index contributed by atoms with van der Waals surface area (Å²) in [5, 5.41) is 0. The molecule has 28 heavy (non-hydrogen) atoms. The Kier molecular flexibility index (Phi) is 12.5. The third kappa shape index (κ3) is 9.90. The van der Waals surface area contributed by atoms with Crippen molar-refractivity contribution in [3.63, 3.8) is 0 Å². The van der Waals surface area contributed by atoms with Crippen LogP contribution in [0.2, 0.25) is 0 Å². The second-order valence-electron chi connectivity index (χ2n) is 8.28. The first kappa shape index (κ1) is 26.1. The first-order valence-electron chi connectivity index (χ1n) is 10.3. The first-order chi connectivity index (χ1) is 13.0. The lowest BCUT2D eigenvalue weighted by Gasteiger charge is -2.32. The van der Waals surface area contributed by atoms with Crippen LogP contribution in [0.25, 0.3) is 0 Å². The van der Waals surface area contributed by atoms with E-state index < -0.39 is 18.1 Å². The van der Waals surface area contributed by atoms with Gasteiger partial charge >= 0.3 is 11.9 Å². The van der Waals surface area contributed by atoms with Gasteiger partial charge in [0.05, 0.1) is 5.92 Å². The van der Waals surface area contributed by atoms with Crippen LogP contribution in [-0.4, -0.2) is 48.9 Å². The molecule has 0 aliphatic rings. The summed E-state index contributed by atoms with van der Waals surface area (Å²) in [4.78, 5) is 37.5. The van der Waals surface area contributed by atoms with Crippen LogP contribution in [0.15, 0.2) is 11.8 Å². The number of allylic oxidation sites excluding steroid dienone is 1. The van der Waals surface area contributed by atoms with Crippen molar-refractivity contribution in [3.05, 3.63) is 11.8 Å². The topological polar surface area (TPSA) is 72.9 Å². The van der Waals surface area contributed by atoms with Gasteiger partial charge in [-0.3, -0.25) is 9.59 Å². The molecule has 0 saturated heterocycles. The van der Waals surface area contributed by atoms with Crippen LogP contribution in [0.3, 0.4) is 0 Å². The Hall–Kier alpha value is -1.85. The van der Waals surface area contributed by atoms with E-state index in [1.165, 1.54) is 6.92 Å². The zero-order chi connectivity index (χ0) is 21.9. The van der Waals surface area contributed by atoms with Crippen molar-refractivity contribution in [1.82, 2.24) is 4.90 Å². The molecule has 0 aliphatic heterocycles. The zero-order valence-corrected chi connectivity index (χ0v) is 18.9. The van der Waals surface area contributed by atoms with Crippen molar-refractivity contribution >= 4 is 18.2 Å². The van der Waals surface area contributed by atoms with E-state index >= 15 is 0 Å². The smallest absolute Gasteiger partial charge is 0.329 e. The van der Waals surface area contributed by atoms with E-state index in [4.69, 9.17) is 9.47 Å². The highest BCUT2D eigenvalue weighted by Crippen LogP contribution is 2.19. The molecule has 3 unspecified atom stereocenters. The minimum atomic E-state index is -0.788. The number of rotatable bonds is 13. The molecular formula is C22H39NO5. The maximum absolute atomic E-state index is 12.6. The molecule has 0 spiro atoms. The third-order valence-corrected chi connectivity index (χ3v) is 4.41. The third-order valence-electron chi connectivity index (χ3n) is 4.41. The van der Waals surface area contributed by atoms with E-state index in [0.29, 0.717) is 18.6 Å². The highest BCUT2D eigenvalue weighted by molar-refractivity contribution is 5.78. The van der Waals surface area contributed by atoms with Gasteiger partial charge in [0.25, 0.3) is 0 Å². The highest BCUT2D eigenvalue weighted by atomic mass is 16.5. The molecule has 0 saturated carbocycles. The largest absolute Gasteiger partial charge is 0.459 e. The average molecular weight is 398 g/mol. The van der Waals surface area contributed by atoms with Gasteiger partial charge in [0.2, 0.25) is 0 Å². The maximum atomic E-state index is 12.6. The average Bonchev–Trinajstić information content (AvgIpc) is 2.61. The number of hydrogen-bond acceptors (Lipinski definition) is 6. The summed E-state index contributed by atoms with van der Waals surface area (Å²) < 4.78 is 10.8. The van der Waals surface area contributed by atoms with E-state index in [0.717, 1.165) is 18.5 Å². The van der Waals surface area contributed by atoms with E-state index in [1.807, 2.05) is 38.7 Å². The number of ether oxygens (including phenoxy) is 2. The first-order valence-corrected chi connectivity index (χ1v) is 10.3. The van der Waals surface area contributed by atoms with Crippen LogP contribution in [0, 0.1) is 17.8 Å². The van der Waals surface area contributed by atoms with Crippen molar-refractivity contribution in [2.24, 2.45) is 17.8 Å². The standard InChI is InChI=1S/C22H39NO5/c1-9-10-19(14-27-21(25)17(6)11-15(2)3)23(8)20(12-16(4)5)22(26)28-18(7)13-24/h10,13,15-18,20H,9,11-12,14H2,1-8H3/b19-10-. The van der Waals surface area contributed by atoms with Crippen LogP contribution in [-0.2, 0) is 23.9 Å². The lowest BCUT2D eigenvalue weighted by Crippen LogP contribution is -2.42. The Morgan fingerprint density at radius 1 is 0.964 bits per heavy atom. The van der Waals surface area contributed by atoms with Gasteiger partial charge in [-0.05, 0) is 38.0 Å². The van der Waals surface area contributed by atoms with Gasteiger partial charge in [-0.2, -0.15) is 0 Å². The number of carbonyl (C=O) groups excluding carboxylic acids is 3. The molecule has 0 radical (unpaired) electrons. The van der Waals surface area contributed by atoms with E-state index in [9.17, 15) is 14.4 Å². The van der Waals surface area contributed by atoms with Crippen molar-refractivity contribution in [2.45, 2.75) is 79.9 Å². The summed E-state index contributed by atoms with van der Waals surface area (Å²) in [5.41, 5.74) is 0.758. The molecule has 0 heterocycles. The van der Waals surface area contributed by atoms with Crippen LogP contribution in [0.4, 0.5) is 0 Å². The zero-order valence-electron chi connectivity index (χ0n) is 18.9. The Bertz CT molecular complexity index is 527. The number of aldehydes is 1. The van der Waals surface area contributed by atoms with Gasteiger partial charge in [0.1, 0.15) is 12.6 Å². The number of hydrogen-bond donors (Lipinski definition) is 0. The molecule has 162 valence electrons. The van der Waals surface area contributed by atoms with Gasteiger partial charge in [-0.15, -0.1) is 0 Å². The molecule has 0 aromatic heterocycles. The lowest BCUT2D eigenvalue weighted by atomic mass is 9.99. The molecule has 6 heteroatoms. The second-order valence-corrected chi connectivity index (χ2v) is 8.28. The second kappa shape index (κ2) is 13.3. The summed E-state index contributed by atoms with van der Waals surface area (Å²) >= 11 is 0. The van der Waals surface area contributed by atoms with Crippen LogP contribution < -0.4 is 0 Å². The molecule has 0 aromatic carbocycles. The van der Waals surface area contributed by atoms with Gasteiger partial charge in [0.15, 0.2) is 12.4 Å². The Labute approximate surface area is 170 Å². The van der Waals surface area contributed by atoms with Crippen molar-refractivity contribution in [3.8, 4) is 0 Å². The molecule has 3 atom stereocenters. The Morgan fingerprint density at radius 3 is 2.00 bits per heavy atom. The predicted octanol–water partition coefficient (Wildman–Crippen LogP) is 3.98. The molecule has 0 aromatic rings. The minimum Gasteiger partial charge on any atom is -0.459 e. The van der Waals surface area contributed by atoms with Crippen LogP contribution in [0.1, 0.15) is 67.7 Å². The lowest BCUT2D eigenvalue weighted by molar-refractivity contribution is -0.156. The SMILES string of the molecule is CC/C=C(/COC(=O)C(C)CC(C)C)N(C)C(CC(C)C)C(=O)OC(C)C=O. The molecule has 0 aliphatic carbocycles. The van der Waals surface area contributed by atoms with Crippen LogP contribution in [0.5, 0.6) is 0 Å². The van der Waals surface area contributed by atoms with Gasteiger partial charge in [0, 0.05) is 12.7 Å². The number of carbonyl (C=O) groups is 3. The van der Waals surface area contributed by atoms with Gasteiger partial charge < -0.3 is 14.4 Å². The number of esters is 2. The normalized spacial score (nSPS) is 15.1. The summed E-state index contributed by atoms with van der Waals surface area (Å²) in [6.07, 6.45) is 3.85.